The van der Waals surface area contributed by atoms with Crippen LogP contribution < -0.4 is 15.0 Å². The first-order valence-corrected chi connectivity index (χ1v) is 16.5. The summed E-state index contributed by atoms with van der Waals surface area (Å²) in [5, 5.41) is 51.2. The van der Waals surface area contributed by atoms with Crippen LogP contribution in [0, 0.1) is 28.9 Å². The number of nitrogens with one attached hydrogen (secondary N) is 1. The van der Waals surface area contributed by atoms with Gasteiger partial charge in [0.25, 0.3) is 0 Å². The van der Waals surface area contributed by atoms with E-state index in [0.717, 1.165) is 57.3 Å². The molecule has 2 saturated heterocycles. The first kappa shape index (κ1) is 35.6. The van der Waals surface area contributed by atoms with Gasteiger partial charge in [0.15, 0.2) is 0 Å². The third-order valence-corrected chi connectivity index (χ3v) is 10.3. The lowest BCUT2D eigenvalue weighted by molar-refractivity contribution is -0.136. The van der Waals surface area contributed by atoms with Gasteiger partial charge in [0, 0.05) is 62.9 Å². The van der Waals surface area contributed by atoms with Crippen LogP contribution in [0.15, 0.2) is 24.5 Å². The van der Waals surface area contributed by atoms with E-state index in [-0.39, 0.29) is 29.2 Å². The molecule has 1 amide bonds. The molecule has 3 fully saturated rings. The number of likely N-dealkylation sites (tertiary alicyclic amines) is 1. The molecule has 1 aromatic carbocycles. The van der Waals surface area contributed by atoms with Crippen molar-refractivity contribution in [3.8, 4) is 5.75 Å². The molecule has 2 aromatic rings. The normalized spacial score (nSPS) is 21.9. The average Bonchev–Trinajstić information content (AvgIpc) is 3.04. The number of anilines is 1. The van der Waals surface area contributed by atoms with Crippen molar-refractivity contribution in [2.45, 2.75) is 62.9 Å². The number of rotatable bonds is 15. The minimum Gasteiger partial charge on any atom is -0.493 e. The fourth-order valence-electron chi connectivity index (χ4n) is 6.92. The van der Waals surface area contributed by atoms with E-state index < -0.39 is 55.0 Å². The van der Waals surface area contributed by atoms with Crippen LogP contribution in [0.1, 0.15) is 37.7 Å². The van der Waals surface area contributed by atoms with Crippen molar-refractivity contribution in [1.82, 2.24) is 20.2 Å². The molecule has 5 rings (SSSR count). The van der Waals surface area contributed by atoms with Crippen LogP contribution in [0.4, 0.5) is 14.7 Å². The third-order valence-electron chi connectivity index (χ3n) is 10.1. The van der Waals surface area contributed by atoms with Gasteiger partial charge in [-0.15, -0.1) is 0 Å². The highest BCUT2D eigenvalue weighted by atomic mass is 35.5. The molecule has 12 nitrogen and oxygen atoms in total. The summed E-state index contributed by atoms with van der Waals surface area (Å²) in [5.74, 6) is -0.773. The number of carbonyl (C=O) groups is 1. The maximum Gasteiger partial charge on any atom is 0.227 e. The zero-order valence-corrected chi connectivity index (χ0v) is 26.9. The molecule has 3 aliphatic rings. The molecule has 3 heterocycles. The number of aliphatic hydroxyl groups is 5. The van der Waals surface area contributed by atoms with Gasteiger partial charge in [-0.3, -0.25) is 4.79 Å². The highest BCUT2D eigenvalue weighted by Gasteiger charge is 2.48. The molecular weight excluding hydrogens is 640 g/mol. The summed E-state index contributed by atoms with van der Waals surface area (Å²) in [4.78, 5) is 25.0. The molecule has 1 aromatic heterocycles. The zero-order chi connectivity index (χ0) is 33.7. The Bertz CT molecular complexity index is 1320. The number of aliphatic hydroxyl groups excluding tert-OH is 5. The molecule has 0 radical (unpaired) electrons. The van der Waals surface area contributed by atoms with Crippen molar-refractivity contribution in [2.75, 3.05) is 57.4 Å². The van der Waals surface area contributed by atoms with Gasteiger partial charge in [0.1, 0.15) is 35.7 Å². The number of nitrogens with zero attached hydrogens (tertiary/aromatic N) is 4. The summed E-state index contributed by atoms with van der Waals surface area (Å²) in [6, 6.07) is 2.26. The third kappa shape index (κ3) is 8.48. The first-order chi connectivity index (χ1) is 22.5. The SMILES string of the molecule is O=C(Cc1c(F)cc(OCCC2CCC23CCN(c2ncc(Cl)cn2)CC3)cc1F)N1CC(CNCC(O)C(O)C(O)[C@H](O)CO)C1. The van der Waals surface area contributed by atoms with E-state index in [4.69, 9.17) is 21.4 Å². The quantitative estimate of drug-likeness (QED) is 0.158. The number of hydrogen-bond acceptors (Lipinski definition) is 11. The van der Waals surface area contributed by atoms with Crippen LogP contribution in [0.25, 0.3) is 0 Å². The Morgan fingerprint density at radius 1 is 1.04 bits per heavy atom. The minimum atomic E-state index is -1.71. The number of hydrogen-bond donors (Lipinski definition) is 6. The number of benzene rings is 1. The van der Waals surface area contributed by atoms with E-state index in [2.05, 4.69) is 20.2 Å². The molecule has 47 heavy (non-hydrogen) atoms. The Morgan fingerprint density at radius 2 is 1.68 bits per heavy atom. The number of ether oxygens (including phenoxy) is 1. The number of halogens is 3. The summed E-state index contributed by atoms with van der Waals surface area (Å²) in [6.45, 7) is 2.33. The molecule has 6 N–H and O–H groups in total. The summed E-state index contributed by atoms with van der Waals surface area (Å²) in [5.41, 5.74) is -0.0591. The largest absolute Gasteiger partial charge is 0.493 e. The lowest BCUT2D eigenvalue weighted by Crippen LogP contribution is -2.55. The number of carbonyl (C=O) groups excluding carboxylic acids is 1. The molecule has 1 aliphatic carbocycles. The van der Waals surface area contributed by atoms with Crippen molar-refractivity contribution in [1.29, 1.82) is 0 Å². The van der Waals surface area contributed by atoms with Crippen molar-refractivity contribution in [2.24, 2.45) is 17.3 Å². The van der Waals surface area contributed by atoms with Crippen molar-refractivity contribution in [3.63, 3.8) is 0 Å². The molecule has 260 valence electrons. The minimum absolute atomic E-state index is 0.0292. The Balaban J connectivity index is 1.00. The molecule has 5 atom stereocenters. The van der Waals surface area contributed by atoms with Gasteiger partial charge < -0.3 is 45.4 Å². The number of amides is 1. The van der Waals surface area contributed by atoms with E-state index in [0.29, 0.717) is 43.1 Å². The second kappa shape index (κ2) is 15.7. The molecule has 1 spiro atoms. The number of aromatic nitrogens is 2. The fourth-order valence-corrected chi connectivity index (χ4v) is 7.02. The summed E-state index contributed by atoms with van der Waals surface area (Å²) < 4.78 is 35.6. The van der Waals surface area contributed by atoms with E-state index in [1.807, 2.05) is 0 Å². The Morgan fingerprint density at radius 3 is 2.28 bits per heavy atom. The van der Waals surface area contributed by atoms with Gasteiger partial charge in [0.2, 0.25) is 11.9 Å². The standard InChI is InChI=1S/C32H44ClF2N5O7/c33-21-13-37-31(38-14-21)39-6-4-32(5-7-39)3-1-20(32)2-8-47-22-9-24(34)23(25(35)10-22)11-28(44)40-16-19(17-40)12-36-15-26(42)29(45)30(46)27(43)18-41/h9-10,13-14,19-20,26-27,29-30,36,41-43,45-46H,1-8,11-12,15-18H2/t20?,26?,27-,29?,30?/m1/s1. The van der Waals surface area contributed by atoms with Crippen molar-refractivity contribution < 1.29 is 43.8 Å². The van der Waals surface area contributed by atoms with E-state index in [1.54, 1.807) is 12.4 Å². The van der Waals surface area contributed by atoms with Crippen LogP contribution in [0.3, 0.4) is 0 Å². The first-order valence-electron chi connectivity index (χ1n) is 16.1. The molecule has 1 saturated carbocycles. The van der Waals surface area contributed by atoms with Crippen LogP contribution in [0.5, 0.6) is 5.75 Å². The van der Waals surface area contributed by atoms with Gasteiger partial charge in [-0.1, -0.05) is 11.6 Å². The molecular formula is C32H44ClF2N5O7. The number of piperidine rings is 1. The maximum atomic E-state index is 14.9. The smallest absolute Gasteiger partial charge is 0.227 e. The fraction of sp³-hybridized carbons (Fsp3) is 0.656. The zero-order valence-electron chi connectivity index (χ0n) is 26.1. The molecule has 2 aliphatic heterocycles. The van der Waals surface area contributed by atoms with Gasteiger partial charge in [0.05, 0.1) is 43.2 Å². The Labute approximate surface area is 277 Å². The maximum absolute atomic E-state index is 14.9. The topological polar surface area (TPSA) is 172 Å². The second-order valence-electron chi connectivity index (χ2n) is 13.1. The Hall–Kier alpha value is -2.72. The van der Waals surface area contributed by atoms with Crippen LogP contribution in [0.2, 0.25) is 5.02 Å². The van der Waals surface area contributed by atoms with Gasteiger partial charge in [-0.25, -0.2) is 18.7 Å². The highest BCUT2D eigenvalue weighted by Crippen LogP contribution is 2.55. The molecule has 0 bridgehead atoms. The second-order valence-corrected chi connectivity index (χ2v) is 13.5. The van der Waals surface area contributed by atoms with Crippen molar-refractivity contribution >= 4 is 23.5 Å². The van der Waals surface area contributed by atoms with Crippen LogP contribution in [-0.4, -0.2) is 123 Å². The van der Waals surface area contributed by atoms with Crippen LogP contribution in [-0.2, 0) is 11.2 Å². The average molecular weight is 684 g/mol. The summed E-state index contributed by atoms with van der Waals surface area (Å²) in [7, 11) is 0. The van der Waals surface area contributed by atoms with Gasteiger partial charge in [-0.2, -0.15) is 0 Å². The lowest BCUT2D eigenvalue weighted by atomic mass is 9.55. The molecule has 15 heteroatoms. The van der Waals surface area contributed by atoms with E-state index in [9.17, 15) is 34.0 Å². The van der Waals surface area contributed by atoms with E-state index in [1.165, 1.54) is 4.90 Å². The van der Waals surface area contributed by atoms with E-state index >= 15 is 0 Å². The summed E-state index contributed by atoms with van der Waals surface area (Å²) >= 11 is 5.91. The lowest BCUT2D eigenvalue weighted by Gasteiger charge is -2.54. The molecule has 4 unspecified atom stereocenters. The predicted octanol–water partition coefficient (Wildman–Crippen LogP) is 0.900. The summed E-state index contributed by atoms with van der Waals surface area (Å²) in [6.07, 6.45) is 1.55. The van der Waals surface area contributed by atoms with Gasteiger partial charge in [-0.05, 0) is 43.4 Å². The van der Waals surface area contributed by atoms with Crippen LogP contribution >= 0.6 is 11.6 Å². The highest BCUT2D eigenvalue weighted by molar-refractivity contribution is 6.30. The Kier molecular flexibility index (Phi) is 11.9. The van der Waals surface area contributed by atoms with Gasteiger partial charge >= 0.3 is 0 Å². The monoisotopic (exact) mass is 683 g/mol. The van der Waals surface area contributed by atoms with Crippen molar-refractivity contribution in [3.05, 3.63) is 46.7 Å². The predicted molar refractivity (Wildman–Crippen MR) is 168 cm³/mol.